The van der Waals surface area contributed by atoms with Crippen LogP contribution in [0.5, 0.6) is 5.88 Å². The molecule has 1 aliphatic carbocycles. The highest BCUT2D eigenvalue weighted by atomic mass is 16.5. The van der Waals surface area contributed by atoms with Crippen molar-refractivity contribution in [2.45, 2.75) is 31.6 Å². The fraction of sp³-hybridized carbons (Fsp3) is 0.429. The molecule has 1 aromatic heterocycles. The van der Waals surface area contributed by atoms with Crippen LogP contribution in [0.4, 0.5) is 0 Å². The molecule has 0 amide bonds. The minimum absolute atomic E-state index is 0.476. The SMILES string of the molecule is C=C1CC(C#N)(c2ccc(CC)c(OC)n2)C1. The van der Waals surface area contributed by atoms with Gasteiger partial charge < -0.3 is 4.74 Å². The van der Waals surface area contributed by atoms with Gasteiger partial charge in [-0.15, -0.1) is 0 Å². The molecule has 1 aliphatic rings. The summed E-state index contributed by atoms with van der Waals surface area (Å²) in [6.07, 6.45) is 2.30. The normalized spacial score (nSPS) is 17.1. The maximum atomic E-state index is 9.33. The van der Waals surface area contributed by atoms with Crippen molar-refractivity contribution in [2.75, 3.05) is 7.11 Å². The molecule has 1 saturated carbocycles. The summed E-state index contributed by atoms with van der Waals surface area (Å²) in [5.74, 6) is 0.636. The van der Waals surface area contributed by atoms with E-state index in [2.05, 4.69) is 24.6 Å². The Bertz CT molecular complexity index is 491. The first-order chi connectivity index (χ1) is 8.15. The second-order valence-electron chi connectivity index (χ2n) is 4.52. The van der Waals surface area contributed by atoms with Crippen LogP contribution in [-0.4, -0.2) is 12.1 Å². The van der Waals surface area contributed by atoms with Crippen LogP contribution in [0.2, 0.25) is 0 Å². The van der Waals surface area contributed by atoms with Gasteiger partial charge in [-0.1, -0.05) is 25.1 Å². The first-order valence-corrected chi connectivity index (χ1v) is 5.77. The molecule has 0 bridgehead atoms. The van der Waals surface area contributed by atoms with E-state index in [9.17, 15) is 5.26 Å². The van der Waals surface area contributed by atoms with E-state index in [0.717, 1.165) is 23.3 Å². The number of hydrogen-bond donors (Lipinski definition) is 0. The molecule has 0 aliphatic heterocycles. The van der Waals surface area contributed by atoms with E-state index in [-0.39, 0.29) is 0 Å². The fourth-order valence-electron chi connectivity index (χ4n) is 2.30. The number of nitriles is 1. The average molecular weight is 228 g/mol. The summed E-state index contributed by atoms with van der Waals surface area (Å²) in [6.45, 7) is 5.96. The highest BCUT2D eigenvalue weighted by molar-refractivity contribution is 5.41. The Morgan fingerprint density at radius 2 is 2.24 bits per heavy atom. The lowest BCUT2D eigenvalue weighted by Crippen LogP contribution is -2.35. The third-order valence-electron chi connectivity index (χ3n) is 3.32. The summed E-state index contributed by atoms with van der Waals surface area (Å²) in [5.41, 5.74) is 2.52. The summed E-state index contributed by atoms with van der Waals surface area (Å²) in [4.78, 5) is 4.48. The summed E-state index contributed by atoms with van der Waals surface area (Å²) in [7, 11) is 1.62. The smallest absolute Gasteiger partial charge is 0.216 e. The van der Waals surface area contributed by atoms with Crippen molar-refractivity contribution >= 4 is 0 Å². The van der Waals surface area contributed by atoms with Crippen molar-refractivity contribution in [2.24, 2.45) is 0 Å². The van der Waals surface area contributed by atoms with Crippen LogP contribution in [-0.2, 0) is 11.8 Å². The molecule has 0 aromatic carbocycles. The van der Waals surface area contributed by atoms with Crippen LogP contribution in [0.1, 0.15) is 31.0 Å². The fourth-order valence-corrected chi connectivity index (χ4v) is 2.30. The zero-order valence-corrected chi connectivity index (χ0v) is 10.3. The number of nitrogens with zero attached hydrogens (tertiary/aromatic N) is 2. The number of rotatable bonds is 3. The maximum absolute atomic E-state index is 9.33. The van der Waals surface area contributed by atoms with Gasteiger partial charge in [0.25, 0.3) is 0 Å². The van der Waals surface area contributed by atoms with E-state index < -0.39 is 5.41 Å². The lowest BCUT2D eigenvalue weighted by molar-refractivity contribution is 0.375. The lowest BCUT2D eigenvalue weighted by Gasteiger charge is -2.36. The van der Waals surface area contributed by atoms with Gasteiger partial charge in [0, 0.05) is 5.56 Å². The molecule has 17 heavy (non-hydrogen) atoms. The predicted octanol–water partition coefficient (Wildman–Crippen LogP) is 2.76. The molecule has 1 aromatic rings. The summed E-state index contributed by atoms with van der Waals surface area (Å²) in [5, 5.41) is 9.33. The Morgan fingerprint density at radius 1 is 1.53 bits per heavy atom. The molecule has 0 N–H and O–H groups in total. The molecule has 88 valence electrons. The molecule has 0 atom stereocenters. The quantitative estimate of drug-likeness (QED) is 0.747. The van der Waals surface area contributed by atoms with Gasteiger partial charge in [0.05, 0.1) is 18.9 Å². The van der Waals surface area contributed by atoms with Crippen molar-refractivity contribution in [3.05, 3.63) is 35.5 Å². The first kappa shape index (κ1) is 11.7. The van der Waals surface area contributed by atoms with Crippen LogP contribution in [0.3, 0.4) is 0 Å². The first-order valence-electron chi connectivity index (χ1n) is 5.77. The Labute approximate surface area is 102 Å². The molecule has 0 saturated heterocycles. The Kier molecular flexibility index (Phi) is 2.89. The van der Waals surface area contributed by atoms with Crippen molar-refractivity contribution in [1.82, 2.24) is 4.98 Å². The Morgan fingerprint density at radius 3 is 2.71 bits per heavy atom. The second-order valence-corrected chi connectivity index (χ2v) is 4.52. The molecular weight excluding hydrogens is 212 g/mol. The largest absolute Gasteiger partial charge is 0.481 e. The molecule has 1 fully saturated rings. The topological polar surface area (TPSA) is 45.9 Å². The zero-order chi connectivity index (χ0) is 12.5. The lowest BCUT2D eigenvalue weighted by atomic mass is 9.65. The van der Waals surface area contributed by atoms with E-state index in [1.54, 1.807) is 7.11 Å². The highest BCUT2D eigenvalue weighted by Crippen LogP contribution is 2.45. The van der Waals surface area contributed by atoms with Gasteiger partial charge in [-0.3, -0.25) is 0 Å². The van der Waals surface area contributed by atoms with E-state index in [0.29, 0.717) is 18.7 Å². The molecular formula is C14H16N2O. The van der Waals surface area contributed by atoms with Crippen LogP contribution in [0.25, 0.3) is 0 Å². The molecule has 3 nitrogen and oxygen atoms in total. The van der Waals surface area contributed by atoms with Crippen LogP contribution < -0.4 is 4.74 Å². The van der Waals surface area contributed by atoms with Gasteiger partial charge in [-0.25, -0.2) is 4.98 Å². The summed E-state index contributed by atoms with van der Waals surface area (Å²) >= 11 is 0. The minimum atomic E-state index is -0.476. The Balaban J connectivity index is 2.40. The van der Waals surface area contributed by atoms with E-state index in [1.807, 2.05) is 12.1 Å². The third kappa shape index (κ3) is 1.80. The number of allylic oxidation sites excluding steroid dienone is 1. The summed E-state index contributed by atoms with van der Waals surface area (Å²) in [6, 6.07) is 6.31. The molecule has 0 spiro atoms. The zero-order valence-electron chi connectivity index (χ0n) is 10.3. The molecule has 2 rings (SSSR count). The van der Waals surface area contributed by atoms with E-state index >= 15 is 0 Å². The van der Waals surface area contributed by atoms with Crippen LogP contribution >= 0.6 is 0 Å². The predicted molar refractivity (Wildman–Crippen MR) is 65.8 cm³/mol. The number of ether oxygens (including phenoxy) is 1. The number of methoxy groups -OCH3 is 1. The number of aryl methyl sites for hydroxylation is 1. The van der Waals surface area contributed by atoms with Crippen molar-refractivity contribution in [3.63, 3.8) is 0 Å². The molecule has 0 unspecified atom stereocenters. The van der Waals surface area contributed by atoms with Gasteiger partial charge in [0.2, 0.25) is 5.88 Å². The van der Waals surface area contributed by atoms with Crippen LogP contribution in [0, 0.1) is 11.3 Å². The third-order valence-corrected chi connectivity index (χ3v) is 3.32. The van der Waals surface area contributed by atoms with Crippen molar-refractivity contribution < 1.29 is 4.74 Å². The van der Waals surface area contributed by atoms with Crippen molar-refractivity contribution in [1.29, 1.82) is 5.26 Å². The summed E-state index contributed by atoms with van der Waals surface area (Å²) < 4.78 is 5.27. The van der Waals surface area contributed by atoms with E-state index in [1.165, 1.54) is 0 Å². The van der Waals surface area contributed by atoms with E-state index in [4.69, 9.17) is 4.74 Å². The average Bonchev–Trinajstić information content (AvgIpc) is 2.33. The molecule has 0 radical (unpaired) electrons. The minimum Gasteiger partial charge on any atom is -0.481 e. The highest BCUT2D eigenvalue weighted by Gasteiger charge is 2.43. The van der Waals surface area contributed by atoms with Crippen LogP contribution in [0.15, 0.2) is 24.3 Å². The number of pyridine rings is 1. The van der Waals surface area contributed by atoms with Gasteiger partial charge in [0.15, 0.2) is 0 Å². The maximum Gasteiger partial charge on any atom is 0.216 e. The number of aromatic nitrogens is 1. The molecule has 3 heteroatoms. The standard InChI is InChI=1S/C14H16N2O/c1-4-11-5-6-12(16-13(11)17-3)14(9-15)7-10(2)8-14/h5-6H,2,4,7-8H2,1,3H3. The molecule has 1 heterocycles. The van der Waals surface area contributed by atoms with Gasteiger partial charge in [0.1, 0.15) is 5.41 Å². The number of hydrogen-bond acceptors (Lipinski definition) is 3. The van der Waals surface area contributed by atoms with Gasteiger partial charge in [-0.2, -0.15) is 5.26 Å². The Hall–Kier alpha value is -1.82. The van der Waals surface area contributed by atoms with Gasteiger partial charge in [-0.05, 0) is 25.3 Å². The van der Waals surface area contributed by atoms with Gasteiger partial charge >= 0.3 is 0 Å². The van der Waals surface area contributed by atoms with Crippen molar-refractivity contribution in [3.8, 4) is 11.9 Å². The second kappa shape index (κ2) is 4.21. The monoisotopic (exact) mass is 228 g/mol.